The second kappa shape index (κ2) is 3.54. The summed E-state index contributed by atoms with van der Waals surface area (Å²) in [5, 5.41) is 13.5. The average molecular weight is 224 g/mol. The third-order valence-corrected chi connectivity index (χ3v) is 4.20. The van der Waals surface area contributed by atoms with Crippen LogP contribution >= 0.6 is 11.3 Å². The molecule has 0 aromatic carbocycles. The zero-order chi connectivity index (χ0) is 10.3. The Bertz CT molecular complexity index is 353. The molecule has 3 rings (SSSR count). The van der Waals surface area contributed by atoms with E-state index in [0.29, 0.717) is 5.92 Å². The quantitative estimate of drug-likeness (QED) is 0.813. The van der Waals surface area contributed by atoms with E-state index < -0.39 is 5.60 Å². The molecule has 15 heavy (non-hydrogen) atoms. The summed E-state index contributed by atoms with van der Waals surface area (Å²) in [6, 6.07) is 0. The summed E-state index contributed by atoms with van der Waals surface area (Å²) in [5.74, 6) is 0.698. The molecular formula is C11H16N2OS. The van der Waals surface area contributed by atoms with E-state index in [1.54, 1.807) is 11.3 Å². The monoisotopic (exact) mass is 224 g/mol. The number of hydrogen-bond donors (Lipinski definition) is 2. The standard InChI is InChI=1S/C11H16N2OS/c14-11(3-4-12-6-11)5-9-10(8-1-2-8)13-7-15-9/h7-8,12,14H,1-6H2. The molecule has 1 saturated carbocycles. The van der Waals surface area contributed by atoms with Crippen LogP contribution < -0.4 is 5.32 Å². The van der Waals surface area contributed by atoms with E-state index in [9.17, 15) is 5.11 Å². The van der Waals surface area contributed by atoms with Crippen LogP contribution in [-0.4, -0.2) is 28.8 Å². The molecule has 1 aliphatic heterocycles. The van der Waals surface area contributed by atoms with Gasteiger partial charge in [-0.1, -0.05) is 0 Å². The fourth-order valence-corrected chi connectivity index (χ4v) is 3.27. The minimum absolute atomic E-state index is 0.518. The van der Waals surface area contributed by atoms with Gasteiger partial charge in [0.1, 0.15) is 0 Å². The molecule has 1 aromatic heterocycles. The number of aliphatic hydroxyl groups is 1. The molecule has 0 spiro atoms. The number of rotatable bonds is 3. The Morgan fingerprint density at radius 3 is 3.13 bits per heavy atom. The Morgan fingerprint density at radius 1 is 1.60 bits per heavy atom. The van der Waals surface area contributed by atoms with Gasteiger partial charge >= 0.3 is 0 Å². The van der Waals surface area contributed by atoms with Crippen LogP contribution in [0.5, 0.6) is 0 Å². The number of thiazole rings is 1. The van der Waals surface area contributed by atoms with E-state index in [1.807, 2.05) is 5.51 Å². The molecule has 0 bridgehead atoms. The highest BCUT2D eigenvalue weighted by Gasteiger charge is 2.35. The molecule has 2 N–H and O–H groups in total. The van der Waals surface area contributed by atoms with Crippen molar-refractivity contribution in [1.82, 2.24) is 10.3 Å². The number of β-amino-alcohol motifs (C(OH)–C–C–N with tert-alkyl or cyclic N) is 1. The van der Waals surface area contributed by atoms with Gasteiger partial charge in [0.2, 0.25) is 0 Å². The highest BCUT2D eigenvalue weighted by molar-refractivity contribution is 7.09. The molecular weight excluding hydrogens is 208 g/mol. The Hall–Kier alpha value is -0.450. The molecule has 1 atom stereocenters. The van der Waals surface area contributed by atoms with Crippen LogP contribution in [0.3, 0.4) is 0 Å². The molecule has 2 heterocycles. The highest BCUT2D eigenvalue weighted by atomic mass is 32.1. The Morgan fingerprint density at radius 2 is 2.47 bits per heavy atom. The van der Waals surface area contributed by atoms with Gasteiger partial charge < -0.3 is 10.4 Å². The lowest BCUT2D eigenvalue weighted by Gasteiger charge is -2.20. The van der Waals surface area contributed by atoms with Gasteiger partial charge in [-0.2, -0.15) is 0 Å². The Kier molecular flexibility index (Phi) is 2.30. The lowest BCUT2D eigenvalue weighted by atomic mass is 9.97. The van der Waals surface area contributed by atoms with Crippen molar-refractivity contribution in [2.24, 2.45) is 0 Å². The first-order chi connectivity index (χ1) is 7.27. The molecule has 1 unspecified atom stereocenters. The van der Waals surface area contributed by atoms with Crippen molar-refractivity contribution in [3.63, 3.8) is 0 Å². The van der Waals surface area contributed by atoms with Crippen molar-refractivity contribution < 1.29 is 5.11 Å². The fourth-order valence-electron chi connectivity index (χ4n) is 2.28. The van der Waals surface area contributed by atoms with Crippen molar-refractivity contribution in [3.05, 3.63) is 16.1 Å². The van der Waals surface area contributed by atoms with Crippen molar-refractivity contribution in [3.8, 4) is 0 Å². The molecule has 4 heteroatoms. The summed E-state index contributed by atoms with van der Waals surface area (Å²) in [6.07, 6.45) is 4.23. The molecule has 2 fully saturated rings. The van der Waals surface area contributed by atoms with Crippen LogP contribution in [0, 0.1) is 0 Å². The first-order valence-electron chi connectivity index (χ1n) is 5.62. The van der Waals surface area contributed by atoms with Gasteiger partial charge in [0.05, 0.1) is 16.8 Å². The first-order valence-corrected chi connectivity index (χ1v) is 6.50. The van der Waals surface area contributed by atoms with Crippen molar-refractivity contribution in [2.45, 2.75) is 37.2 Å². The fraction of sp³-hybridized carbons (Fsp3) is 0.727. The molecule has 1 aromatic rings. The van der Waals surface area contributed by atoms with Gasteiger partial charge in [-0.05, 0) is 25.8 Å². The second-order valence-electron chi connectivity index (χ2n) is 4.76. The van der Waals surface area contributed by atoms with Gasteiger partial charge in [0.15, 0.2) is 0 Å². The summed E-state index contributed by atoms with van der Waals surface area (Å²) in [5.41, 5.74) is 2.67. The van der Waals surface area contributed by atoms with E-state index in [4.69, 9.17) is 0 Å². The minimum Gasteiger partial charge on any atom is -0.388 e. The first kappa shape index (κ1) is 9.75. The predicted molar refractivity (Wildman–Crippen MR) is 60.2 cm³/mol. The van der Waals surface area contributed by atoms with Crippen LogP contribution in [-0.2, 0) is 6.42 Å². The highest BCUT2D eigenvalue weighted by Crippen LogP contribution is 2.42. The normalized spacial score (nSPS) is 31.0. The Balaban J connectivity index is 1.77. The summed E-state index contributed by atoms with van der Waals surface area (Å²) >= 11 is 1.70. The Labute approximate surface area is 93.5 Å². The summed E-state index contributed by atoms with van der Waals surface area (Å²) in [4.78, 5) is 5.75. The zero-order valence-electron chi connectivity index (χ0n) is 8.70. The van der Waals surface area contributed by atoms with Crippen LogP contribution in [0.25, 0.3) is 0 Å². The van der Waals surface area contributed by atoms with Crippen LogP contribution in [0.1, 0.15) is 35.8 Å². The molecule has 1 saturated heterocycles. The summed E-state index contributed by atoms with van der Waals surface area (Å²) in [7, 11) is 0. The third kappa shape index (κ3) is 1.94. The van der Waals surface area contributed by atoms with E-state index >= 15 is 0 Å². The van der Waals surface area contributed by atoms with Crippen LogP contribution in [0.15, 0.2) is 5.51 Å². The molecule has 1 aliphatic carbocycles. The van der Waals surface area contributed by atoms with E-state index in [2.05, 4.69) is 10.3 Å². The maximum absolute atomic E-state index is 10.3. The second-order valence-corrected chi connectivity index (χ2v) is 5.70. The number of hydrogen-bond acceptors (Lipinski definition) is 4. The smallest absolute Gasteiger partial charge is 0.0832 e. The lowest BCUT2D eigenvalue weighted by molar-refractivity contribution is 0.0624. The van der Waals surface area contributed by atoms with Gasteiger partial charge in [-0.3, -0.25) is 0 Å². The van der Waals surface area contributed by atoms with Crippen LogP contribution in [0.4, 0.5) is 0 Å². The maximum Gasteiger partial charge on any atom is 0.0832 e. The summed E-state index contributed by atoms with van der Waals surface area (Å²) in [6.45, 7) is 1.67. The maximum atomic E-state index is 10.3. The van der Waals surface area contributed by atoms with Gasteiger partial charge in [-0.25, -0.2) is 4.98 Å². The number of nitrogens with one attached hydrogen (secondary N) is 1. The molecule has 2 aliphatic rings. The zero-order valence-corrected chi connectivity index (χ0v) is 9.52. The number of aromatic nitrogens is 1. The van der Waals surface area contributed by atoms with E-state index in [0.717, 1.165) is 25.9 Å². The number of nitrogens with zero attached hydrogens (tertiary/aromatic N) is 1. The van der Waals surface area contributed by atoms with Crippen molar-refractivity contribution >= 4 is 11.3 Å². The van der Waals surface area contributed by atoms with Gasteiger partial charge in [0, 0.05) is 23.8 Å². The minimum atomic E-state index is -0.518. The molecule has 3 nitrogen and oxygen atoms in total. The van der Waals surface area contributed by atoms with Gasteiger partial charge in [0.25, 0.3) is 0 Å². The molecule has 0 radical (unpaired) electrons. The topological polar surface area (TPSA) is 45.2 Å². The average Bonchev–Trinajstić information content (AvgIpc) is 2.82. The van der Waals surface area contributed by atoms with Gasteiger partial charge in [-0.15, -0.1) is 11.3 Å². The third-order valence-electron chi connectivity index (χ3n) is 3.35. The lowest BCUT2D eigenvalue weighted by Crippen LogP contribution is -2.33. The summed E-state index contributed by atoms with van der Waals surface area (Å²) < 4.78 is 0. The van der Waals surface area contributed by atoms with Crippen molar-refractivity contribution in [1.29, 1.82) is 0 Å². The molecule has 0 amide bonds. The predicted octanol–water partition coefficient (Wildman–Crippen LogP) is 1.29. The van der Waals surface area contributed by atoms with E-state index in [1.165, 1.54) is 23.4 Å². The van der Waals surface area contributed by atoms with Crippen molar-refractivity contribution in [2.75, 3.05) is 13.1 Å². The molecule has 82 valence electrons. The van der Waals surface area contributed by atoms with E-state index in [-0.39, 0.29) is 0 Å². The largest absolute Gasteiger partial charge is 0.388 e. The SMILES string of the molecule is OC1(Cc2scnc2C2CC2)CCNC1. The van der Waals surface area contributed by atoms with Crippen LogP contribution in [0.2, 0.25) is 0 Å².